The average molecular weight is 342 g/mol. The van der Waals surface area contributed by atoms with Gasteiger partial charge in [0.1, 0.15) is 5.58 Å². The Hall–Kier alpha value is -1.85. The third-order valence-electron chi connectivity index (χ3n) is 5.18. The fourth-order valence-corrected chi connectivity index (χ4v) is 3.86. The van der Waals surface area contributed by atoms with E-state index in [2.05, 4.69) is 4.90 Å². The van der Waals surface area contributed by atoms with Gasteiger partial charge in [-0.25, -0.2) is 0 Å². The summed E-state index contributed by atoms with van der Waals surface area (Å²) in [5.41, 5.74) is 0.766. The monoisotopic (exact) mass is 342 g/mol. The lowest BCUT2D eigenvalue weighted by atomic mass is 10.1. The van der Waals surface area contributed by atoms with Crippen LogP contribution >= 0.6 is 0 Å². The molecule has 2 fully saturated rings. The first-order chi connectivity index (χ1) is 12.3. The number of hydrogen-bond acceptors (Lipinski definition) is 4. The van der Waals surface area contributed by atoms with Crippen LogP contribution in [0, 0.1) is 0 Å². The first-order valence-electron chi connectivity index (χ1n) is 9.41. The Labute approximate surface area is 148 Å². The van der Waals surface area contributed by atoms with Gasteiger partial charge in [0.2, 0.25) is 0 Å². The molecule has 0 spiro atoms. The smallest absolute Gasteiger partial charge is 0.289 e. The second-order valence-electron chi connectivity index (χ2n) is 7.11. The summed E-state index contributed by atoms with van der Waals surface area (Å²) in [4.78, 5) is 17.3. The summed E-state index contributed by atoms with van der Waals surface area (Å²) in [5.74, 6) is 0.408. The average Bonchev–Trinajstić information content (AvgIpc) is 2.95. The van der Waals surface area contributed by atoms with Crippen molar-refractivity contribution in [1.29, 1.82) is 0 Å². The Kier molecular flexibility index (Phi) is 5.04. The largest absolute Gasteiger partial charge is 0.451 e. The molecular formula is C20H26N2O3. The highest BCUT2D eigenvalue weighted by atomic mass is 16.5. The van der Waals surface area contributed by atoms with Crippen LogP contribution < -0.4 is 0 Å². The lowest BCUT2D eigenvalue weighted by Gasteiger charge is -2.31. The molecule has 4 rings (SSSR count). The van der Waals surface area contributed by atoms with Crippen LogP contribution in [0.15, 0.2) is 34.7 Å². The molecule has 0 aliphatic carbocycles. The van der Waals surface area contributed by atoms with E-state index in [0.717, 1.165) is 50.2 Å². The van der Waals surface area contributed by atoms with Crippen LogP contribution in [0.2, 0.25) is 0 Å². The quantitative estimate of drug-likeness (QED) is 0.860. The molecule has 0 unspecified atom stereocenters. The van der Waals surface area contributed by atoms with E-state index in [1.807, 2.05) is 35.2 Å². The summed E-state index contributed by atoms with van der Waals surface area (Å²) in [6, 6.07) is 9.61. The van der Waals surface area contributed by atoms with Crippen LogP contribution in [0.3, 0.4) is 0 Å². The van der Waals surface area contributed by atoms with Crippen LogP contribution in [-0.2, 0) is 4.74 Å². The molecule has 1 amide bonds. The van der Waals surface area contributed by atoms with Crippen molar-refractivity contribution in [2.24, 2.45) is 0 Å². The molecule has 3 heterocycles. The number of carbonyl (C=O) groups is 1. The summed E-state index contributed by atoms with van der Waals surface area (Å²) in [6.45, 7) is 5.32. The molecule has 2 aliphatic heterocycles. The third-order valence-corrected chi connectivity index (χ3v) is 5.18. The van der Waals surface area contributed by atoms with Gasteiger partial charge < -0.3 is 19.0 Å². The molecule has 0 N–H and O–H groups in total. The van der Waals surface area contributed by atoms with Crippen LogP contribution in [0.5, 0.6) is 0 Å². The fourth-order valence-electron chi connectivity index (χ4n) is 3.86. The number of amides is 1. The van der Waals surface area contributed by atoms with E-state index >= 15 is 0 Å². The molecule has 0 bridgehead atoms. The number of piperidine rings is 1. The summed E-state index contributed by atoms with van der Waals surface area (Å²) in [7, 11) is 0. The van der Waals surface area contributed by atoms with Crippen LogP contribution in [0.4, 0.5) is 0 Å². The second-order valence-corrected chi connectivity index (χ2v) is 7.11. The first kappa shape index (κ1) is 16.6. The Morgan fingerprint density at radius 1 is 1.08 bits per heavy atom. The topological polar surface area (TPSA) is 45.9 Å². The van der Waals surface area contributed by atoms with Gasteiger partial charge in [0.15, 0.2) is 5.76 Å². The van der Waals surface area contributed by atoms with Crippen molar-refractivity contribution in [2.75, 3.05) is 39.3 Å². The third kappa shape index (κ3) is 3.88. The van der Waals surface area contributed by atoms with Gasteiger partial charge in [-0.1, -0.05) is 24.6 Å². The van der Waals surface area contributed by atoms with Crippen molar-refractivity contribution in [1.82, 2.24) is 9.80 Å². The van der Waals surface area contributed by atoms with E-state index in [1.54, 1.807) is 0 Å². The van der Waals surface area contributed by atoms with Crippen molar-refractivity contribution in [3.05, 3.63) is 36.1 Å². The Bertz CT molecular complexity index is 688. The number of likely N-dealkylation sites (tertiary alicyclic amines) is 1. The Morgan fingerprint density at radius 2 is 1.92 bits per heavy atom. The zero-order chi connectivity index (χ0) is 17.1. The normalized spacial score (nSPS) is 22.9. The van der Waals surface area contributed by atoms with E-state index < -0.39 is 0 Å². The van der Waals surface area contributed by atoms with Gasteiger partial charge in [-0.15, -0.1) is 0 Å². The molecule has 134 valence electrons. The van der Waals surface area contributed by atoms with Crippen LogP contribution in [-0.4, -0.2) is 61.1 Å². The summed E-state index contributed by atoms with van der Waals surface area (Å²) < 4.78 is 11.8. The second kappa shape index (κ2) is 7.58. The van der Waals surface area contributed by atoms with Gasteiger partial charge in [0.05, 0.1) is 6.10 Å². The maximum Gasteiger partial charge on any atom is 0.289 e. The van der Waals surface area contributed by atoms with E-state index in [4.69, 9.17) is 9.15 Å². The maximum absolute atomic E-state index is 12.9. The van der Waals surface area contributed by atoms with Crippen molar-refractivity contribution in [2.45, 2.75) is 31.8 Å². The summed E-state index contributed by atoms with van der Waals surface area (Å²) in [6.07, 6.45) is 4.85. The number of nitrogens with zero attached hydrogens (tertiary/aromatic N) is 2. The number of para-hydroxylation sites is 1. The SMILES string of the molecule is O=C(c1cc2ccccc2o1)N1CCCO[C@@H](CN2CCCCC2)C1. The van der Waals surface area contributed by atoms with Gasteiger partial charge in [0, 0.05) is 31.6 Å². The van der Waals surface area contributed by atoms with Crippen LogP contribution in [0.25, 0.3) is 11.0 Å². The minimum absolute atomic E-state index is 0.0228. The number of furan rings is 1. The predicted octanol–water partition coefficient (Wildman–Crippen LogP) is 3.15. The molecule has 1 aromatic heterocycles. The molecule has 2 aromatic rings. The lowest BCUT2D eigenvalue weighted by molar-refractivity contribution is 0.0211. The standard InChI is InChI=1S/C20H26N2O3/c23-20(19-13-16-7-2-3-8-18(16)25-19)22-11-6-12-24-17(15-22)14-21-9-4-1-5-10-21/h2-3,7-8,13,17H,1,4-6,9-12,14-15H2/t17-/m0/s1. The minimum atomic E-state index is -0.0228. The summed E-state index contributed by atoms with van der Waals surface area (Å²) >= 11 is 0. The van der Waals surface area contributed by atoms with Gasteiger partial charge in [0.25, 0.3) is 5.91 Å². The van der Waals surface area contributed by atoms with Gasteiger partial charge in [-0.3, -0.25) is 4.79 Å². The zero-order valence-corrected chi connectivity index (χ0v) is 14.7. The molecule has 25 heavy (non-hydrogen) atoms. The highest BCUT2D eigenvalue weighted by Gasteiger charge is 2.27. The highest BCUT2D eigenvalue weighted by Crippen LogP contribution is 2.21. The fraction of sp³-hybridized carbons (Fsp3) is 0.550. The van der Waals surface area contributed by atoms with Gasteiger partial charge >= 0.3 is 0 Å². The van der Waals surface area contributed by atoms with Gasteiger partial charge in [-0.05, 0) is 44.5 Å². The number of ether oxygens (including phenoxy) is 1. The zero-order valence-electron chi connectivity index (χ0n) is 14.7. The van der Waals surface area contributed by atoms with Crippen molar-refractivity contribution in [3.63, 3.8) is 0 Å². The van der Waals surface area contributed by atoms with Crippen LogP contribution in [0.1, 0.15) is 36.2 Å². The number of rotatable bonds is 3. The molecule has 1 aromatic carbocycles. The van der Waals surface area contributed by atoms with E-state index in [9.17, 15) is 4.79 Å². The number of hydrogen-bond donors (Lipinski definition) is 0. The van der Waals surface area contributed by atoms with Crippen molar-refractivity contribution < 1.29 is 13.9 Å². The Morgan fingerprint density at radius 3 is 2.76 bits per heavy atom. The molecule has 5 nitrogen and oxygen atoms in total. The molecule has 0 saturated carbocycles. The Balaban J connectivity index is 1.45. The molecule has 1 atom stereocenters. The predicted molar refractivity (Wildman–Crippen MR) is 96.8 cm³/mol. The lowest BCUT2D eigenvalue weighted by Crippen LogP contribution is -2.43. The number of fused-ring (bicyclic) bond motifs is 1. The first-order valence-corrected chi connectivity index (χ1v) is 9.41. The molecule has 2 saturated heterocycles. The van der Waals surface area contributed by atoms with E-state index in [0.29, 0.717) is 12.3 Å². The number of benzene rings is 1. The molecule has 2 aliphatic rings. The number of carbonyl (C=O) groups excluding carboxylic acids is 1. The maximum atomic E-state index is 12.9. The highest BCUT2D eigenvalue weighted by molar-refractivity contribution is 5.96. The minimum Gasteiger partial charge on any atom is -0.451 e. The summed E-state index contributed by atoms with van der Waals surface area (Å²) in [5, 5.41) is 0.974. The molecular weight excluding hydrogens is 316 g/mol. The van der Waals surface area contributed by atoms with Crippen molar-refractivity contribution >= 4 is 16.9 Å². The van der Waals surface area contributed by atoms with E-state index in [1.165, 1.54) is 19.3 Å². The van der Waals surface area contributed by atoms with Crippen molar-refractivity contribution in [3.8, 4) is 0 Å². The molecule has 5 heteroatoms. The molecule has 0 radical (unpaired) electrons. The van der Waals surface area contributed by atoms with Gasteiger partial charge in [-0.2, -0.15) is 0 Å². The van der Waals surface area contributed by atoms with E-state index in [-0.39, 0.29) is 12.0 Å².